The van der Waals surface area contributed by atoms with Crippen LogP contribution in [-0.2, 0) is 24.1 Å². The molecular formula is C22H32N4OS. The number of thiophene rings is 1. The molecule has 0 unspecified atom stereocenters. The van der Waals surface area contributed by atoms with Crippen molar-refractivity contribution in [3.05, 3.63) is 16.3 Å². The molecule has 2 N–H and O–H groups in total. The summed E-state index contributed by atoms with van der Waals surface area (Å²) in [5.74, 6) is 1.57. The zero-order valence-electron chi connectivity index (χ0n) is 16.8. The van der Waals surface area contributed by atoms with E-state index >= 15 is 0 Å². The molecule has 0 radical (unpaired) electrons. The van der Waals surface area contributed by atoms with E-state index < -0.39 is 0 Å². The van der Waals surface area contributed by atoms with Gasteiger partial charge < -0.3 is 10.5 Å². The van der Waals surface area contributed by atoms with Crippen molar-refractivity contribution in [2.45, 2.75) is 89.4 Å². The first-order valence-corrected chi connectivity index (χ1v) is 12.0. The van der Waals surface area contributed by atoms with E-state index in [9.17, 15) is 0 Å². The number of nitrogens with two attached hydrogens (primary N) is 1. The minimum absolute atomic E-state index is 0.442. The summed E-state index contributed by atoms with van der Waals surface area (Å²) >= 11 is 1.84. The third kappa shape index (κ3) is 3.91. The lowest BCUT2D eigenvalue weighted by Gasteiger charge is -2.34. The molecule has 2 aliphatic carbocycles. The van der Waals surface area contributed by atoms with Gasteiger partial charge in [0.1, 0.15) is 16.5 Å². The molecule has 2 fully saturated rings. The maximum absolute atomic E-state index is 6.38. The summed E-state index contributed by atoms with van der Waals surface area (Å²) in [6.45, 7) is 2.94. The molecule has 2 aromatic rings. The summed E-state index contributed by atoms with van der Waals surface area (Å²) in [5, 5.41) is 1.14. The second kappa shape index (κ2) is 8.25. The van der Waals surface area contributed by atoms with Crippen molar-refractivity contribution in [3.63, 3.8) is 0 Å². The Morgan fingerprint density at radius 1 is 0.929 bits per heavy atom. The molecule has 1 aliphatic heterocycles. The third-order valence-electron chi connectivity index (χ3n) is 6.73. The Hall–Kier alpha value is -1.24. The Kier molecular flexibility index (Phi) is 5.53. The summed E-state index contributed by atoms with van der Waals surface area (Å²) in [4.78, 5) is 14.6. The largest absolute Gasteiger partial charge is 0.383 e. The van der Waals surface area contributed by atoms with Crippen LogP contribution in [0.5, 0.6) is 0 Å². The lowest BCUT2D eigenvalue weighted by Crippen LogP contribution is -2.38. The molecule has 0 aromatic carbocycles. The van der Waals surface area contributed by atoms with Crippen molar-refractivity contribution in [2.24, 2.45) is 0 Å². The first-order chi connectivity index (χ1) is 13.8. The second-order valence-corrected chi connectivity index (χ2v) is 9.87. The number of hydrogen-bond acceptors (Lipinski definition) is 6. The van der Waals surface area contributed by atoms with Gasteiger partial charge in [-0.05, 0) is 56.9 Å². The number of ether oxygens (including phenoxy) is 1. The van der Waals surface area contributed by atoms with E-state index in [0.717, 1.165) is 54.9 Å². The summed E-state index contributed by atoms with van der Waals surface area (Å²) < 4.78 is 6.38. The van der Waals surface area contributed by atoms with Crippen molar-refractivity contribution in [1.29, 1.82) is 0 Å². The predicted molar refractivity (Wildman–Crippen MR) is 115 cm³/mol. The molecule has 28 heavy (non-hydrogen) atoms. The van der Waals surface area contributed by atoms with Gasteiger partial charge in [-0.1, -0.05) is 19.3 Å². The lowest BCUT2D eigenvalue weighted by atomic mass is 9.97. The first-order valence-electron chi connectivity index (χ1n) is 11.2. The Balaban J connectivity index is 1.21. The summed E-state index contributed by atoms with van der Waals surface area (Å²) in [5.41, 5.74) is 7.80. The van der Waals surface area contributed by atoms with Crippen LogP contribution in [0, 0.1) is 0 Å². The quantitative estimate of drug-likeness (QED) is 0.820. The average Bonchev–Trinajstić information content (AvgIpc) is 3.09. The van der Waals surface area contributed by atoms with Crippen LogP contribution in [0.2, 0.25) is 0 Å². The maximum atomic E-state index is 6.38. The van der Waals surface area contributed by atoms with Crippen LogP contribution in [0.3, 0.4) is 0 Å². The highest BCUT2D eigenvalue weighted by molar-refractivity contribution is 7.19. The molecule has 152 valence electrons. The van der Waals surface area contributed by atoms with Gasteiger partial charge in [0, 0.05) is 18.0 Å². The van der Waals surface area contributed by atoms with Gasteiger partial charge in [-0.2, -0.15) is 0 Å². The van der Waals surface area contributed by atoms with Gasteiger partial charge in [0.05, 0.1) is 24.1 Å². The Labute approximate surface area is 171 Å². The van der Waals surface area contributed by atoms with Crippen molar-refractivity contribution < 1.29 is 4.74 Å². The monoisotopic (exact) mass is 400 g/mol. The zero-order chi connectivity index (χ0) is 18.9. The highest BCUT2D eigenvalue weighted by Crippen LogP contribution is 2.37. The second-order valence-electron chi connectivity index (χ2n) is 8.79. The van der Waals surface area contributed by atoms with E-state index in [1.54, 1.807) is 0 Å². The Morgan fingerprint density at radius 3 is 2.50 bits per heavy atom. The van der Waals surface area contributed by atoms with E-state index in [0.29, 0.717) is 18.0 Å². The highest BCUT2D eigenvalue weighted by Gasteiger charge is 2.25. The number of aryl methyl sites for hydroxylation is 2. The van der Waals surface area contributed by atoms with E-state index in [1.807, 2.05) is 11.3 Å². The molecule has 0 atom stereocenters. The van der Waals surface area contributed by atoms with Crippen LogP contribution in [-0.4, -0.2) is 40.2 Å². The molecule has 2 aromatic heterocycles. The molecule has 1 saturated heterocycles. The van der Waals surface area contributed by atoms with Gasteiger partial charge in [0.15, 0.2) is 0 Å². The van der Waals surface area contributed by atoms with Crippen LogP contribution in [0.1, 0.15) is 74.1 Å². The SMILES string of the molecule is Nc1nc(CN2CCC(OC3CCCCC3)CC2)nc2sc3c(c12)CCCC3. The molecule has 0 spiro atoms. The number of hydrogen-bond donors (Lipinski definition) is 1. The van der Waals surface area contributed by atoms with Crippen molar-refractivity contribution in [3.8, 4) is 0 Å². The molecule has 3 heterocycles. The van der Waals surface area contributed by atoms with Crippen LogP contribution >= 0.6 is 11.3 Å². The fourth-order valence-corrected chi connectivity index (χ4v) is 6.47. The van der Waals surface area contributed by atoms with Crippen LogP contribution in [0.4, 0.5) is 5.82 Å². The molecular weight excluding hydrogens is 368 g/mol. The number of nitrogen functional groups attached to an aromatic ring is 1. The summed E-state index contributed by atoms with van der Waals surface area (Å²) in [6.07, 6.45) is 14.7. The van der Waals surface area contributed by atoms with Crippen molar-refractivity contribution >= 4 is 27.4 Å². The average molecular weight is 401 g/mol. The summed E-state index contributed by atoms with van der Waals surface area (Å²) in [7, 11) is 0. The predicted octanol–water partition coefficient (Wildman–Crippen LogP) is 4.47. The molecule has 0 bridgehead atoms. The van der Waals surface area contributed by atoms with Gasteiger partial charge in [0.2, 0.25) is 0 Å². The highest BCUT2D eigenvalue weighted by atomic mass is 32.1. The van der Waals surface area contributed by atoms with E-state index in [-0.39, 0.29) is 0 Å². The molecule has 1 saturated carbocycles. The maximum Gasteiger partial charge on any atom is 0.146 e. The fraction of sp³-hybridized carbons (Fsp3) is 0.727. The smallest absolute Gasteiger partial charge is 0.146 e. The van der Waals surface area contributed by atoms with Gasteiger partial charge >= 0.3 is 0 Å². The van der Waals surface area contributed by atoms with Gasteiger partial charge in [-0.3, -0.25) is 4.90 Å². The molecule has 3 aliphatic rings. The minimum atomic E-state index is 0.442. The number of rotatable bonds is 4. The van der Waals surface area contributed by atoms with E-state index in [1.165, 1.54) is 61.8 Å². The van der Waals surface area contributed by atoms with E-state index in [2.05, 4.69) is 9.88 Å². The topological polar surface area (TPSA) is 64.3 Å². The zero-order valence-corrected chi connectivity index (χ0v) is 17.6. The van der Waals surface area contributed by atoms with Gasteiger partial charge in [0.25, 0.3) is 0 Å². The van der Waals surface area contributed by atoms with Crippen LogP contribution in [0.15, 0.2) is 0 Å². The molecule has 0 amide bonds. The first kappa shape index (κ1) is 18.8. The van der Waals surface area contributed by atoms with Crippen molar-refractivity contribution in [1.82, 2.24) is 14.9 Å². The Morgan fingerprint density at radius 2 is 1.68 bits per heavy atom. The number of aromatic nitrogens is 2. The molecule has 6 heteroatoms. The Bertz CT molecular complexity index is 822. The van der Waals surface area contributed by atoms with Gasteiger partial charge in [-0.15, -0.1) is 11.3 Å². The summed E-state index contributed by atoms with van der Waals surface area (Å²) in [6, 6.07) is 0. The molecule has 5 rings (SSSR count). The number of piperidine rings is 1. The lowest BCUT2D eigenvalue weighted by molar-refractivity contribution is -0.0567. The fourth-order valence-electron chi connectivity index (χ4n) is 5.18. The van der Waals surface area contributed by atoms with E-state index in [4.69, 9.17) is 15.5 Å². The minimum Gasteiger partial charge on any atom is -0.383 e. The standard InChI is InChI=1S/C22H32N4OS/c23-21-20-17-8-4-5-9-18(17)28-22(20)25-19(24-21)14-26-12-10-16(11-13-26)27-15-6-2-1-3-7-15/h15-16H,1-14H2,(H2,23,24,25). The molecule has 5 nitrogen and oxygen atoms in total. The van der Waals surface area contributed by atoms with Crippen LogP contribution < -0.4 is 5.73 Å². The van der Waals surface area contributed by atoms with Crippen LogP contribution in [0.25, 0.3) is 10.2 Å². The van der Waals surface area contributed by atoms with Crippen molar-refractivity contribution in [2.75, 3.05) is 18.8 Å². The number of fused-ring (bicyclic) bond motifs is 3. The normalized spacial score (nSPS) is 22.6. The number of likely N-dealkylation sites (tertiary alicyclic amines) is 1. The number of nitrogens with zero attached hydrogens (tertiary/aromatic N) is 3. The number of anilines is 1. The van der Waals surface area contributed by atoms with Gasteiger partial charge in [-0.25, -0.2) is 9.97 Å². The third-order valence-corrected chi connectivity index (χ3v) is 7.91.